The number of primary amides is 1. The summed E-state index contributed by atoms with van der Waals surface area (Å²) in [7, 11) is -3.73. The molecule has 0 spiro atoms. The molecule has 0 fully saturated rings. The van der Waals surface area contributed by atoms with Gasteiger partial charge in [-0.15, -0.1) is 0 Å². The summed E-state index contributed by atoms with van der Waals surface area (Å²) in [5.74, 6) is -1.000. The van der Waals surface area contributed by atoms with E-state index in [0.29, 0.717) is 34.8 Å². The lowest BCUT2D eigenvalue weighted by molar-refractivity contribution is -0.115. The van der Waals surface area contributed by atoms with Crippen LogP contribution in [0.5, 0.6) is 0 Å². The van der Waals surface area contributed by atoms with Crippen LogP contribution in [0.1, 0.15) is 11.3 Å². The molecule has 3 aromatic heterocycles. The van der Waals surface area contributed by atoms with Crippen molar-refractivity contribution in [3.05, 3.63) is 103 Å². The summed E-state index contributed by atoms with van der Waals surface area (Å²) < 4.78 is 24.6. The third-order valence-corrected chi connectivity index (χ3v) is 7.27. The van der Waals surface area contributed by atoms with Gasteiger partial charge in [-0.05, 0) is 41.0 Å². The molecular formula is C28H24N6O3S. The van der Waals surface area contributed by atoms with Crippen molar-refractivity contribution in [2.24, 2.45) is 5.73 Å². The number of amides is 1. The van der Waals surface area contributed by atoms with Crippen molar-refractivity contribution in [1.29, 1.82) is 0 Å². The number of hydrogen-bond acceptors (Lipinski definition) is 8. The quantitative estimate of drug-likeness (QED) is 0.297. The standard InChI is InChI=1S/C28H24N6O3S/c29-25(35)18-38(36,37)17-19-13-21(15-30-14-19)27-33-24-11-6-10-23(20-7-2-1-3-8-20)26(24)28(34-27)32-16-22-9-4-5-12-31-22/h1-15H,16-18H2,(H2,29,35)(H,32,33,34). The topological polar surface area (TPSA) is 141 Å². The summed E-state index contributed by atoms with van der Waals surface area (Å²) >= 11 is 0. The molecule has 0 radical (unpaired) electrons. The maximum absolute atomic E-state index is 12.3. The van der Waals surface area contributed by atoms with E-state index in [4.69, 9.17) is 15.7 Å². The highest BCUT2D eigenvalue weighted by atomic mass is 32.2. The number of nitrogens with one attached hydrogen (secondary N) is 1. The number of carbonyl (C=O) groups excluding carboxylic acids is 1. The van der Waals surface area contributed by atoms with Gasteiger partial charge in [0.1, 0.15) is 11.6 Å². The number of anilines is 1. The molecule has 0 aliphatic carbocycles. The van der Waals surface area contributed by atoms with Crippen LogP contribution >= 0.6 is 0 Å². The minimum Gasteiger partial charge on any atom is -0.369 e. The third-order valence-electron chi connectivity index (χ3n) is 5.77. The van der Waals surface area contributed by atoms with Crippen LogP contribution in [0, 0.1) is 0 Å². The lowest BCUT2D eigenvalue weighted by atomic mass is 10.0. The Hall–Kier alpha value is -4.70. The van der Waals surface area contributed by atoms with Crippen LogP contribution < -0.4 is 11.1 Å². The molecule has 5 aromatic rings. The Balaban J connectivity index is 1.60. The zero-order valence-electron chi connectivity index (χ0n) is 20.3. The van der Waals surface area contributed by atoms with Gasteiger partial charge in [0, 0.05) is 24.2 Å². The number of benzene rings is 2. The van der Waals surface area contributed by atoms with Crippen molar-refractivity contribution < 1.29 is 13.2 Å². The second-order valence-electron chi connectivity index (χ2n) is 8.72. The SMILES string of the molecule is NC(=O)CS(=O)(=O)Cc1cncc(-c2nc(NCc3ccccn3)c3c(-c4ccccc4)cccc3n2)c1. The van der Waals surface area contributed by atoms with Crippen LogP contribution in [0.4, 0.5) is 5.82 Å². The Kier molecular flexibility index (Phi) is 7.05. The van der Waals surface area contributed by atoms with Crippen LogP contribution in [0.2, 0.25) is 0 Å². The first kappa shape index (κ1) is 25.0. The van der Waals surface area contributed by atoms with Crippen molar-refractivity contribution in [2.45, 2.75) is 12.3 Å². The maximum Gasteiger partial charge on any atom is 0.232 e. The van der Waals surface area contributed by atoms with Gasteiger partial charge in [0.15, 0.2) is 15.7 Å². The number of nitrogens with zero attached hydrogens (tertiary/aromatic N) is 4. The largest absolute Gasteiger partial charge is 0.369 e. The van der Waals surface area contributed by atoms with E-state index in [1.807, 2.05) is 66.7 Å². The number of hydrogen-bond donors (Lipinski definition) is 2. The first-order valence-corrected chi connectivity index (χ1v) is 13.6. The first-order chi connectivity index (χ1) is 18.4. The van der Waals surface area contributed by atoms with Gasteiger partial charge in [-0.3, -0.25) is 14.8 Å². The van der Waals surface area contributed by atoms with Crippen molar-refractivity contribution in [3.8, 4) is 22.5 Å². The van der Waals surface area contributed by atoms with Crippen LogP contribution in [-0.2, 0) is 26.9 Å². The molecule has 0 bridgehead atoms. The highest BCUT2D eigenvalue weighted by Gasteiger charge is 2.18. The van der Waals surface area contributed by atoms with Crippen molar-refractivity contribution >= 4 is 32.5 Å². The number of rotatable bonds is 9. The van der Waals surface area contributed by atoms with Crippen molar-refractivity contribution in [2.75, 3.05) is 11.1 Å². The van der Waals surface area contributed by atoms with E-state index in [1.54, 1.807) is 18.5 Å². The zero-order valence-corrected chi connectivity index (χ0v) is 21.1. The van der Waals surface area contributed by atoms with Gasteiger partial charge in [0.25, 0.3) is 0 Å². The van der Waals surface area contributed by atoms with Gasteiger partial charge in [-0.2, -0.15) is 0 Å². The predicted molar refractivity (Wildman–Crippen MR) is 146 cm³/mol. The molecule has 2 aromatic carbocycles. The van der Waals surface area contributed by atoms with Crippen molar-refractivity contribution in [3.63, 3.8) is 0 Å². The van der Waals surface area contributed by atoms with Gasteiger partial charge >= 0.3 is 0 Å². The fraction of sp³-hybridized carbons (Fsp3) is 0.107. The molecule has 38 heavy (non-hydrogen) atoms. The molecule has 190 valence electrons. The second-order valence-corrected chi connectivity index (χ2v) is 10.8. The molecule has 0 saturated heterocycles. The van der Waals surface area contributed by atoms with Gasteiger partial charge in [-0.25, -0.2) is 18.4 Å². The highest BCUT2D eigenvalue weighted by molar-refractivity contribution is 7.91. The summed E-state index contributed by atoms with van der Waals surface area (Å²) in [6.07, 6.45) is 4.76. The molecule has 1 amide bonds. The molecule has 9 nitrogen and oxygen atoms in total. The van der Waals surface area contributed by atoms with Gasteiger partial charge in [0.05, 0.1) is 28.9 Å². The number of fused-ring (bicyclic) bond motifs is 1. The molecule has 0 aliphatic rings. The fourth-order valence-corrected chi connectivity index (χ4v) is 5.39. The van der Waals surface area contributed by atoms with Crippen LogP contribution in [-0.4, -0.2) is 40.0 Å². The summed E-state index contributed by atoms with van der Waals surface area (Å²) in [5, 5.41) is 4.27. The van der Waals surface area contributed by atoms with Crippen LogP contribution in [0.3, 0.4) is 0 Å². The molecule has 5 rings (SSSR count). The lowest BCUT2D eigenvalue weighted by Gasteiger charge is -2.14. The average molecular weight is 525 g/mol. The number of carbonyl (C=O) groups is 1. The zero-order chi connectivity index (χ0) is 26.5. The Labute approximate surface area is 219 Å². The molecular weight excluding hydrogens is 500 g/mol. The average Bonchev–Trinajstić information content (AvgIpc) is 2.91. The van der Waals surface area contributed by atoms with Crippen LogP contribution in [0.15, 0.2) is 91.4 Å². The van der Waals surface area contributed by atoms with Gasteiger partial charge < -0.3 is 11.1 Å². The first-order valence-electron chi connectivity index (χ1n) is 11.8. The molecule has 10 heteroatoms. The van der Waals surface area contributed by atoms with Gasteiger partial charge in [0.2, 0.25) is 5.91 Å². The molecule has 0 saturated carbocycles. The van der Waals surface area contributed by atoms with Crippen molar-refractivity contribution in [1.82, 2.24) is 19.9 Å². The summed E-state index contributed by atoms with van der Waals surface area (Å²) in [6, 6.07) is 23.2. The van der Waals surface area contributed by atoms with E-state index < -0.39 is 21.5 Å². The molecule has 0 aliphatic heterocycles. The Bertz CT molecular complexity index is 1710. The fourth-order valence-electron chi connectivity index (χ4n) is 4.19. The Morgan fingerprint density at radius 1 is 0.895 bits per heavy atom. The monoisotopic (exact) mass is 524 g/mol. The van der Waals surface area contributed by atoms with Gasteiger partial charge in [-0.1, -0.05) is 48.5 Å². The molecule has 0 unspecified atom stereocenters. The molecule has 3 heterocycles. The van der Waals surface area contributed by atoms with E-state index in [9.17, 15) is 13.2 Å². The third kappa shape index (κ3) is 5.81. The Morgan fingerprint density at radius 2 is 1.71 bits per heavy atom. The minimum absolute atomic E-state index is 0.368. The number of nitrogens with two attached hydrogens (primary N) is 1. The van der Waals surface area contributed by atoms with E-state index in [-0.39, 0.29) is 5.75 Å². The smallest absolute Gasteiger partial charge is 0.232 e. The van der Waals surface area contributed by atoms with E-state index in [0.717, 1.165) is 22.2 Å². The predicted octanol–water partition coefficient (Wildman–Crippen LogP) is 3.77. The molecule has 0 atom stereocenters. The maximum atomic E-state index is 12.3. The highest BCUT2D eigenvalue weighted by Crippen LogP contribution is 2.34. The minimum atomic E-state index is -3.73. The summed E-state index contributed by atoms with van der Waals surface area (Å²) in [6.45, 7) is 0.444. The van der Waals surface area contributed by atoms with Crippen LogP contribution in [0.25, 0.3) is 33.4 Å². The van der Waals surface area contributed by atoms with E-state index >= 15 is 0 Å². The van der Waals surface area contributed by atoms with E-state index in [2.05, 4.69) is 15.3 Å². The number of sulfone groups is 1. The number of pyridine rings is 2. The van der Waals surface area contributed by atoms with E-state index in [1.165, 1.54) is 6.20 Å². The summed E-state index contributed by atoms with van der Waals surface area (Å²) in [5.41, 5.74) is 9.60. The Morgan fingerprint density at radius 3 is 2.47 bits per heavy atom. The number of aromatic nitrogens is 4. The molecule has 3 N–H and O–H groups in total. The second kappa shape index (κ2) is 10.7. The summed E-state index contributed by atoms with van der Waals surface area (Å²) in [4.78, 5) is 29.4. The lowest BCUT2D eigenvalue weighted by Crippen LogP contribution is -2.24. The normalized spacial score (nSPS) is 11.4.